The second kappa shape index (κ2) is 7.89. The van der Waals surface area contributed by atoms with E-state index in [9.17, 15) is 0 Å². The molecule has 0 radical (unpaired) electrons. The maximum atomic E-state index is 6.30. The fourth-order valence-corrected chi connectivity index (χ4v) is 4.53. The van der Waals surface area contributed by atoms with Crippen LogP contribution in [0, 0.1) is 5.41 Å². The van der Waals surface area contributed by atoms with Crippen molar-refractivity contribution in [1.82, 2.24) is 0 Å². The molecule has 0 N–H and O–H groups in total. The molecule has 1 nitrogen and oxygen atoms in total. The van der Waals surface area contributed by atoms with Crippen molar-refractivity contribution in [3.8, 4) is 0 Å². The highest BCUT2D eigenvalue weighted by Crippen LogP contribution is 2.53. The van der Waals surface area contributed by atoms with Crippen LogP contribution in [-0.4, -0.2) is 17.0 Å². The first kappa shape index (κ1) is 16.5. The number of hydrogen-bond donors (Lipinski definition) is 0. The van der Waals surface area contributed by atoms with E-state index in [1.165, 1.54) is 51.4 Å². The summed E-state index contributed by atoms with van der Waals surface area (Å²) in [5.74, 6) is 0. The van der Waals surface area contributed by atoms with Crippen LogP contribution in [0.5, 0.6) is 0 Å². The summed E-state index contributed by atoms with van der Waals surface area (Å²) in [7, 11) is 0. The van der Waals surface area contributed by atoms with Gasteiger partial charge in [0.05, 0.1) is 12.2 Å². The Morgan fingerprint density at radius 2 is 1.83 bits per heavy atom. The zero-order valence-corrected chi connectivity index (χ0v) is 14.3. The van der Waals surface area contributed by atoms with E-state index in [0.717, 1.165) is 0 Å². The molecule has 1 saturated carbocycles. The minimum atomic E-state index is 0.400. The molecule has 0 aromatic heterocycles. The number of unbranched alkanes of at least 4 members (excludes halogenated alkanes) is 3. The first-order chi connectivity index (χ1) is 8.60. The molecule has 3 unspecified atom stereocenters. The van der Waals surface area contributed by atoms with Gasteiger partial charge in [0.1, 0.15) is 0 Å². The lowest BCUT2D eigenvalue weighted by Crippen LogP contribution is -2.55. The van der Waals surface area contributed by atoms with Crippen LogP contribution in [0.15, 0.2) is 0 Å². The Morgan fingerprint density at radius 1 is 1.17 bits per heavy atom. The van der Waals surface area contributed by atoms with Crippen LogP contribution < -0.4 is 0 Å². The second-order valence-electron chi connectivity index (χ2n) is 5.93. The van der Waals surface area contributed by atoms with Gasteiger partial charge in [-0.3, -0.25) is 0 Å². The average molecular weight is 319 g/mol. The molecule has 0 saturated heterocycles. The minimum absolute atomic E-state index is 0.400. The Hall–Kier alpha value is 0.440. The molecular weight excluding hydrogens is 288 g/mol. The summed E-state index contributed by atoms with van der Waals surface area (Å²) in [6.45, 7) is 9.13. The van der Waals surface area contributed by atoms with Crippen LogP contribution in [0.3, 0.4) is 0 Å². The monoisotopic (exact) mass is 318 g/mol. The van der Waals surface area contributed by atoms with E-state index >= 15 is 0 Å². The molecule has 0 heterocycles. The molecule has 0 bridgehead atoms. The Morgan fingerprint density at radius 3 is 2.33 bits per heavy atom. The van der Waals surface area contributed by atoms with Gasteiger partial charge in [0, 0.05) is 10.2 Å². The van der Waals surface area contributed by atoms with Crippen molar-refractivity contribution >= 4 is 15.9 Å². The molecule has 0 amide bonds. The third-order valence-corrected chi connectivity index (χ3v) is 6.15. The van der Waals surface area contributed by atoms with E-state index in [1.54, 1.807) is 0 Å². The highest BCUT2D eigenvalue weighted by Gasteiger charge is 2.52. The third kappa shape index (κ3) is 3.72. The number of ether oxygens (including phenoxy) is 1. The molecule has 2 heteroatoms. The zero-order valence-electron chi connectivity index (χ0n) is 12.7. The fraction of sp³-hybridized carbons (Fsp3) is 1.00. The van der Waals surface area contributed by atoms with Gasteiger partial charge in [-0.05, 0) is 32.6 Å². The van der Waals surface area contributed by atoms with Crippen LogP contribution in [0.2, 0.25) is 0 Å². The normalized spacial score (nSPS) is 27.8. The van der Waals surface area contributed by atoms with E-state index in [-0.39, 0.29) is 0 Å². The predicted molar refractivity (Wildman–Crippen MR) is 83.4 cm³/mol. The Kier molecular flexibility index (Phi) is 7.23. The molecule has 0 aromatic carbocycles. The number of hydrogen-bond acceptors (Lipinski definition) is 1. The topological polar surface area (TPSA) is 9.23 Å². The highest BCUT2D eigenvalue weighted by atomic mass is 79.9. The third-order valence-electron chi connectivity index (χ3n) is 4.86. The van der Waals surface area contributed by atoms with E-state index in [1.807, 2.05) is 0 Å². The van der Waals surface area contributed by atoms with Gasteiger partial charge in [0.25, 0.3) is 0 Å². The van der Waals surface area contributed by atoms with Gasteiger partial charge < -0.3 is 4.74 Å². The number of rotatable bonds is 9. The zero-order chi connectivity index (χ0) is 13.6. The molecule has 0 spiro atoms. The molecular formula is C16H31BrO. The summed E-state index contributed by atoms with van der Waals surface area (Å²) >= 11 is 3.83. The standard InChI is InChI=1S/C16H31BrO/c1-5-8-9-10-11-13(4)18-15-12-14(17)16(15,6-2)7-3/h13-15H,5-12H2,1-4H3. The van der Waals surface area contributed by atoms with Gasteiger partial charge >= 0.3 is 0 Å². The molecule has 18 heavy (non-hydrogen) atoms. The van der Waals surface area contributed by atoms with Gasteiger partial charge in [0.2, 0.25) is 0 Å². The van der Waals surface area contributed by atoms with Crippen LogP contribution in [0.1, 0.15) is 79.1 Å². The average Bonchev–Trinajstić information content (AvgIpc) is 2.36. The maximum absolute atomic E-state index is 6.30. The van der Waals surface area contributed by atoms with Crippen LogP contribution in [-0.2, 0) is 4.74 Å². The van der Waals surface area contributed by atoms with Crippen LogP contribution in [0.25, 0.3) is 0 Å². The minimum Gasteiger partial charge on any atom is -0.375 e. The van der Waals surface area contributed by atoms with Crippen molar-refractivity contribution in [2.45, 2.75) is 96.1 Å². The van der Waals surface area contributed by atoms with Gasteiger partial charge in [0.15, 0.2) is 0 Å². The van der Waals surface area contributed by atoms with Crippen molar-refractivity contribution in [1.29, 1.82) is 0 Å². The van der Waals surface area contributed by atoms with Crippen molar-refractivity contribution < 1.29 is 4.74 Å². The van der Waals surface area contributed by atoms with Gasteiger partial charge in [-0.25, -0.2) is 0 Å². The summed E-state index contributed by atoms with van der Waals surface area (Å²) in [6, 6.07) is 0. The smallest absolute Gasteiger partial charge is 0.0656 e. The van der Waals surface area contributed by atoms with E-state index < -0.39 is 0 Å². The number of halogens is 1. The largest absolute Gasteiger partial charge is 0.375 e. The van der Waals surface area contributed by atoms with Gasteiger partial charge in [-0.15, -0.1) is 0 Å². The summed E-state index contributed by atoms with van der Waals surface area (Å²) in [5.41, 5.74) is 0.400. The lowest BCUT2D eigenvalue weighted by Gasteiger charge is -2.53. The number of alkyl halides is 1. The quantitative estimate of drug-likeness (QED) is 0.391. The van der Waals surface area contributed by atoms with Crippen molar-refractivity contribution in [2.75, 3.05) is 0 Å². The van der Waals surface area contributed by atoms with Gasteiger partial charge in [-0.1, -0.05) is 62.4 Å². The first-order valence-electron chi connectivity index (χ1n) is 7.90. The second-order valence-corrected chi connectivity index (χ2v) is 7.03. The highest BCUT2D eigenvalue weighted by molar-refractivity contribution is 9.09. The summed E-state index contributed by atoms with van der Waals surface area (Å²) in [6.07, 6.45) is 11.2. The SMILES string of the molecule is CCCCCCC(C)OC1CC(Br)C1(CC)CC. The molecule has 1 aliphatic carbocycles. The Labute approximate surface area is 122 Å². The molecule has 0 aliphatic heterocycles. The van der Waals surface area contributed by atoms with E-state index in [4.69, 9.17) is 4.74 Å². The summed E-state index contributed by atoms with van der Waals surface area (Å²) < 4.78 is 6.30. The summed E-state index contributed by atoms with van der Waals surface area (Å²) in [5, 5.41) is 0. The fourth-order valence-electron chi connectivity index (χ4n) is 3.25. The molecule has 0 aromatic rings. The van der Waals surface area contributed by atoms with Crippen molar-refractivity contribution in [2.24, 2.45) is 5.41 Å². The summed E-state index contributed by atoms with van der Waals surface area (Å²) in [4.78, 5) is 0.664. The van der Waals surface area contributed by atoms with Crippen molar-refractivity contribution in [3.63, 3.8) is 0 Å². The molecule has 1 fully saturated rings. The molecule has 1 rings (SSSR count). The lowest BCUT2D eigenvalue weighted by molar-refractivity contribution is -0.136. The molecule has 3 atom stereocenters. The van der Waals surface area contributed by atoms with E-state index in [0.29, 0.717) is 22.5 Å². The molecule has 108 valence electrons. The Balaban J connectivity index is 2.29. The lowest BCUT2D eigenvalue weighted by atomic mass is 9.62. The van der Waals surface area contributed by atoms with Crippen LogP contribution >= 0.6 is 15.9 Å². The predicted octanol–water partition coefficient (Wildman–Crippen LogP) is 5.70. The van der Waals surface area contributed by atoms with E-state index in [2.05, 4.69) is 43.6 Å². The maximum Gasteiger partial charge on any atom is 0.0656 e. The van der Waals surface area contributed by atoms with Crippen LogP contribution in [0.4, 0.5) is 0 Å². The Bertz CT molecular complexity index is 225. The van der Waals surface area contributed by atoms with Gasteiger partial charge in [-0.2, -0.15) is 0 Å². The molecule has 1 aliphatic rings. The van der Waals surface area contributed by atoms with Crippen molar-refractivity contribution in [3.05, 3.63) is 0 Å². The first-order valence-corrected chi connectivity index (χ1v) is 8.81.